The van der Waals surface area contributed by atoms with E-state index in [9.17, 15) is 19.8 Å². The van der Waals surface area contributed by atoms with Crippen molar-refractivity contribution in [3.63, 3.8) is 0 Å². The van der Waals surface area contributed by atoms with Crippen LogP contribution >= 0.6 is 46.4 Å². The second-order valence-corrected chi connectivity index (χ2v) is 19.1. The van der Waals surface area contributed by atoms with Crippen LogP contribution in [0.4, 0.5) is 32.3 Å². The Labute approximate surface area is 394 Å². The zero-order valence-corrected chi connectivity index (χ0v) is 38.4. The number of nitrogens with zero attached hydrogens (tertiary/aromatic N) is 4. The Morgan fingerprint density at radius 1 is 0.453 bits per heavy atom. The van der Waals surface area contributed by atoms with Crippen molar-refractivity contribution in [1.29, 1.82) is 0 Å². The number of halogens is 4. The third kappa shape index (κ3) is 7.82. The molecule has 64 heavy (non-hydrogen) atoms. The van der Waals surface area contributed by atoms with Crippen LogP contribution in [0.5, 0.6) is 0 Å². The van der Waals surface area contributed by atoms with E-state index in [1.165, 1.54) is 9.80 Å². The standard InChI is InChI=1S/2C26H24Cl2N2O2/c2*1-17-4-2-7-19(16-17)26(32)24(18-5-3-6-18)29(22-12-8-20(27)9-13-22)25(31)30(26)23-14-10-21(28)11-15-23/h2*2,4,7-16,18,24,32H,3,5-6H2,1H3/t2*24-,26?/m10/s1. The number of hydrogen-bond donors (Lipinski definition) is 2. The molecule has 8 nitrogen and oxygen atoms in total. The van der Waals surface area contributed by atoms with E-state index < -0.39 is 23.5 Å². The summed E-state index contributed by atoms with van der Waals surface area (Å²) in [6, 6.07) is 42.7. The van der Waals surface area contributed by atoms with Gasteiger partial charge in [0.15, 0.2) is 11.4 Å². The number of rotatable bonds is 8. The third-order valence-corrected chi connectivity index (χ3v) is 14.3. The number of amides is 4. The van der Waals surface area contributed by atoms with Crippen LogP contribution in [0.3, 0.4) is 0 Å². The van der Waals surface area contributed by atoms with Crippen molar-refractivity contribution in [1.82, 2.24) is 0 Å². The summed E-state index contributed by atoms with van der Waals surface area (Å²) in [7, 11) is 0. The molecule has 4 amide bonds. The van der Waals surface area contributed by atoms with E-state index in [-0.39, 0.29) is 23.9 Å². The second-order valence-electron chi connectivity index (χ2n) is 17.3. The van der Waals surface area contributed by atoms with Gasteiger partial charge in [0, 0.05) is 54.0 Å². The Kier molecular flexibility index (Phi) is 12.2. The van der Waals surface area contributed by atoms with Gasteiger partial charge in [-0.15, -0.1) is 0 Å². The van der Waals surface area contributed by atoms with Gasteiger partial charge in [-0.3, -0.25) is 19.6 Å². The monoisotopic (exact) mass is 932 g/mol. The summed E-state index contributed by atoms with van der Waals surface area (Å²) in [5.74, 6) is 0.356. The van der Waals surface area contributed by atoms with E-state index in [0.29, 0.717) is 42.6 Å². The molecule has 328 valence electrons. The zero-order chi connectivity index (χ0) is 44.9. The highest BCUT2D eigenvalue weighted by Gasteiger charge is 2.63. The largest absolute Gasteiger partial charge is 0.365 e. The van der Waals surface area contributed by atoms with E-state index >= 15 is 0 Å². The molecule has 12 heteroatoms. The molecule has 0 aromatic heterocycles. The van der Waals surface area contributed by atoms with Crippen molar-refractivity contribution in [3.05, 3.63) is 188 Å². The lowest BCUT2D eigenvalue weighted by Crippen LogP contribution is -2.54. The fraction of sp³-hybridized carbons (Fsp3) is 0.269. The molecular formula is C52H48Cl4N4O4. The lowest BCUT2D eigenvalue weighted by molar-refractivity contribution is -0.00174. The molecule has 6 aromatic rings. The predicted molar refractivity (Wildman–Crippen MR) is 259 cm³/mol. The maximum Gasteiger partial charge on any atom is 0.332 e. The number of hydrogen-bond acceptors (Lipinski definition) is 4. The van der Waals surface area contributed by atoms with Gasteiger partial charge in [0.2, 0.25) is 0 Å². The number of anilines is 4. The van der Waals surface area contributed by atoms with Crippen molar-refractivity contribution in [2.75, 3.05) is 19.6 Å². The Morgan fingerprint density at radius 2 is 0.750 bits per heavy atom. The number of carbonyl (C=O) groups excluding carboxylic acids is 2. The third-order valence-electron chi connectivity index (χ3n) is 13.3. The molecule has 6 aromatic carbocycles. The Morgan fingerprint density at radius 3 is 1.02 bits per heavy atom. The Hall–Kier alpha value is -5.06. The summed E-state index contributed by atoms with van der Waals surface area (Å²) in [5.41, 5.74) is 3.02. The van der Waals surface area contributed by atoms with Gasteiger partial charge in [-0.25, -0.2) is 9.59 Å². The second kappa shape index (κ2) is 17.7. The van der Waals surface area contributed by atoms with E-state index in [1.54, 1.807) is 82.6 Å². The molecule has 10 rings (SSSR count). The highest BCUT2D eigenvalue weighted by molar-refractivity contribution is 6.31. The predicted octanol–water partition coefficient (Wildman–Crippen LogP) is 13.5. The molecule has 0 spiro atoms. The lowest BCUT2D eigenvalue weighted by atomic mass is 9.73. The maximum absolute atomic E-state index is 14.0. The van der Waals surface area contributed by atoms with Crippen LogP contribution in [-0.4, -0.2) is 34.4 Å². The molecule has 2 aliphatic carbocycles. The van der Waals surface area contributed by atoms with Crippen LogP contribution in [0.25, 0.3) is 0 Å². The van der Waals surface area contributed by atoms with Gasteiger partial charge in [-0.1, -0.05) is 119 Å². The maximum atomic E-state index is 14.0. The summed E-state index contributed by atoms with van der Waals surface area (Å²) < 4.78 is 0. The number of urea groups is 2. The number of aryl methyl sites for hydroxylation is 2. The average molecular weight is 935 g/mol. The van der Waals surface area contributed by atoms with Crippen LogP contribution in [0.1, 0.15) is 60.8 Å². The summed E-state index contributed by atoms with van der Waals surface area (Å²) in [5, 5.41) is 27.4. The van der Waals surface area contributed by atoms with Gasteiger partial charge in [-0.2, -0.15) is 0 Å². The minimum absolute atomic E-state index is 0.178. The minimum atomic E-state index is -1.54. The summed E-state index contributed by atoms with van der Waals surface area (Å²) in [6.07, 6.45) is 6.04. The van der Waals surface area contributed by atoms with E-state index in [1.807, 2.05) is 86.6 Å². The van der Waals surface area contributed by atoms with Gasteiger partial charge < -0.3 is 10.2 Å². The molecule has 2 unspecified atom stereocenters. The molecule has 2 saturated carbocycles. The first-order chi connectivity index (χ1) is 30.8. The van der Waals surface area contributed by atoms with Crippen LogP contribution < -0.4 is 19.6 Å². The Balaban J connectivity index is 0.000000162. The first-order valence-electron chi connectivity index (χ1n) is 21.7. The fourth-order valence-corrected chi connectivity index (χ4v) is 10.4. The zero-order valence-electron chi connectivity index (χ0n) is 35.4. The molecule has 0 radical (unpaired) electrons. The molecule has 2 heterocycles. The van der Waals surface area contributed by atoms with Crippen molar-refractivity contribution in [2.45, 2.75) is 75.9 Å². The smallest absolute Gasteiger partial charge is 0.332 e. The van der Waals surface area contributed by atoms with Gasteiger partial charge in [0.25, 0.3) is 0 Å². The van der Waals surface area contributed by atoms with Gasteiger partial charge in [-0.05, 0) is 148 Å². The fourth-order valence-electron chi connectivity index (χ4n) is 9.85. The number of benzene rings is 6. The minimum Gasteiger partial charge on any atom is -0.365 e. The summed E-state index contributed by atoms with van der Waals surface area (Å²) >= 11 is 24.5. The first-order valence-corrected chi connectivity index (χ1v) is 23.2. The molecule has 0 bridgehead atoms. The first kappa shape index (κ1) is 44.2. The lowest BCUT2D eigenvalue weighted by Gasteiger charge is -2.44. The van der Waals surface area contributed by atoms with Crippen molar-refractivity contribution in [2.24, 2.45) is 11.8 Å². The van der Waals surface area contributed by atoms with E-state index in [2.05, 4.69) is 0 Å². The summed E-state index contributed by atoms with van der Waals surface area (Å²) in [6.45, 7) is 3.98. The van der Waals surface area contributed by atoms with Gasteiger partial charge >= 0.3 is 12.1 Å². The molecule has 4 fully saturated rings. The number of carbonyl (C=O) groups is 2. The van der Waals surface area contributed by atoms with Crippen molar-refractivity contribution < 1.29 is 19.8 Å². The molecule has 4 atom stereocenters. The van der Waals surface area contributed by atoms with Gasteiger partial charge in [0.1, 0.15) is 0 Å². The van der Waals surface area contributed by atoms with E-state index in [0.717, 1.165) is 61.0 Å². The topological polar surface area (TPSA) is 87.6 Å². The highest BCUT2D eigenvalue weighted by Crippen LogP contribution is 2.53. The van der Waals surface area contributed by atoms with Crippen molar-refractivity contribution in [3.8, 4) is 0 Å². The normalized spacial score (nSPS) is 23.5. The van der Waals surface area contributed by atoms with Crippen LogP contribution in [0.2, 0.25) is 20.1 Å². The van der Waals surface area contributed by atoms with Crippen LogP contribution in [-0.2, 0) is 11.4 Å². The molecular weight excluding hydrogens is 886 g/mol. The molecule has 4 aliphatic rings. The molecule has 2 aliphatic heterocycles. The number of aliphatic hydroxyl groups is 2. The summed E-state index contributed by atoms with van der Waals surface area (Å²) in [4.78, 5) is 34.6. The quantitative estimate of drug-likeness (QED) is 0.159. The molecule has 2 N–H and O–H groups in total. The van der Waals surface area contributed by atoms with E-state index in [4.69, 9.17) is 46.4 Å². The van der Waals surface area contributed by atoms with Gasteiger partial charge in [0.05, 0.1) is 12.1 Å². The molecule has 2 saturated heterocycles. The SMILES string of the molecule is Cc1cccc(C2(O)[C@@H](C3CCC3)N(c3ccc(Cl)cc3)C(=O)N2c2ccc(Cl)cc2)c1.Cc1cccc(C2(O)[C@H](C3CCC3)N(c3ccc(Cl)cc3)C(=O)N2c2ccc(Cl)cc2)c1. The highest BCUT2D eigenvalue weighted by atomic mass is 35.5. The van der Waals surface area contributed by atoms with Crippen LogP contribution in [0, 0.1) is 25.7 Å². The Bertz CT molecular complexity index is 2470. The van der Waals surface area contributed by atoms with Crippen molar-refractivity contribution >= 4 is 81.2 Å². The van der Waals surface area contributed by atoms with Crippen LogP contribution in [0.15, 0.2) is 146 Å². The average Bonchev–Trinajstić information content (AvgIpc) is 3.61.